The minimum Gasteiger partial charge on any atom is -0.497 e. The maximum Gasteiger partial charge on any atom is 0.317 e. The maximum absolute atomic E-state index is 12.3. The molecular formula is C18H25N5O2. The standard InChI is InChI=1S/C18H25N5O2/c1-25-17-6-2-5-16(15-17)21-11-13-22(14-12-21)18(24)19-7-3-9-23-10-4-8-20-23/h2,4-6,8,10,15H,3,7,9,11-14H2,1H3,(H,19,24). The predicted molar refractivity (Wildman–Crippen MR) is 97.0 cm³/mol. The summed E-state index contributed by atoms with van der Waals surface area (Å²) in [6.07, 6.45) is 4.57. The summed E-state index contributed by atoms with van der Waals surface area (Å²) in [6.45, 7) is 4.58. The monoisotopic (exact) mass is 343 g/mol. The Labute approximate surface area is 148 Å². The van der Waals surface area contributed by atoms with Gasteiger partial charge in [-0.25, -0.2) is 4.79 Å². The van der Waals surface area contributed by atoms with Crippen LogP contribution in [0, 0.1) is 0 Å². The molecule has 1 saturated heterocycles. The Morgan fingerprint density at radius 3 is 2.80 bits per heavy atom. The van der Waals surface area contributed by atoms with Crippen molar-refractivity contribution in [2.45, 2.75) is 13.0 Å². The number of nitrogens with zero attached hydrogens (tertiary/aromatic N) is 4. The predicted octanol–water partition coefficient (Wildman–Crippen LogP) is 1.81. The first-order valence-corrected chi connectivity index (χ1v) is 8.65. The zero-order valence-electron chi connectivity index (χ0n) is 14.6. The van der Waals surface area contributed by atoms with E-state index in [1.165, 1.54) is 0 Å². The Hall–Kier alpha value is -2.70. The molecule has 2 amide bonds. The number of piperazine rings is 1. The average Bonchev–Trinajstić information content (AvgIpc) is 3.19. The van der Waals surface area contributed by atoms with Crippen molar-refractivity contribution in [2.75, 3.05) is 44.7 Å². The molecular weight excluding hydrogens is 318 g/mol. The number of rotatable bonds is 6. The normalized spacial score (nSPS) is 14.4. The summed E-state index contributed by atoms with van der Waals surface area (Å²) in [7, 11) is 1.67. The van der Waals surface area contributed by atoms with E-state index in [9.17, 15) is 4.79 Å². The van der Waals surface area contributed by atoms with Crippen LogP contribution >= 0.6 is 0 Å². The molecule has 0 spiro atoms. The number of benzene rings is 1. The first kappa shape index (κ1) is 17.1. The number of carbonyl (C=O) groups excluding carboxylic acids is 1. The summed E-state index contributed by atoms with van der Waals surface area (Å²) in [5.41, 5.74) is 1.14. The van der Waals surface area contributed by atoms with Crippen molar-refractivity contribution in [3.8, 4) is 5.75 Å². The van der Waals surface area contributed by atoms with Gasteiger partial charge in [0.1, 0.15) is 5.75 Å². The highest BCUT2D eigenvalue weighted by molar-refractivity contribution is 5.74. The van der Waals surface area contributed by atoms with Crippen molar-refractivity contribution in [1.29, 1.82) is 0 Å². The maximum atomic E-state index is 12.3. The number of methoxy groups -OCH3 is 1. The van der Waals surface area contributed by atoms with E-state index in [2.05, 4.69) is 21.4 Å². The molecule has 7 heteroatoms. The van der Waals surface area contributed by atoms with Crippen LogP contribution in [-0.2, 0) is 6.54 Å². The summed E-state index contributed by atoms with van der Waals surface area (Å²) >= 11 is 0. The van der Waals surface area contributed by atoms with Gasteiger partial charge in [-0.1, -0.05) is 6.07 Å². The highest BCUT2D eigenvalue weighted by Gasteiger charge is 2.21. The van der Waals surface area contributed by atoms with E-state index >= 15 is 0 Å². The Balaban J connectivity index is 1.39. The molecule has 25 heavy (non-hydrogen) atoms. The highest BCUT2D eigenvalue weighted by Crippen LogP contribution is 2.22. The average molecular weight is 343 g/mol. The molecule has 0 bridgehead atoms. The number of nitrogens with one attached hydrogen (secondary N) is 1. The molecule has 2 heterocycles. The minimum atomic E-state index is 0.0192. The smallest absolute Gasteiger partial charge is 0.317 e. The molecule has 1 aromatic carbocycles. The number of amides is 2. The molecule has 0 radical (unpaired) electrons. The lowest BCUT2D eigenvalue weighted by atomic mass is 10.2. The van der Waals surface area contributed by atoms with Crippen LogP contribution in [0.1, 0.15) is 6.42 Å². The van der Waals surface area contributed by atoms with Crippen LogP contribution in [0.4, 0.5) is 10.5 Å². The van der Waals surface area contributed by atoms with E-state index in [-0.39, 0.29) is 6.03 Å². The molecule has 1 fully saturated rings. The second-order valence-corrected chi connectivity index (χ2v) is 6.03. The van der Waals surface area contributed by atoms with Crippen LogP contribution in [0.3, 0.4) is 0 Å². The van der Waals surface area contributed by atoms with Gasteiger partial charge in [-0.05, 0) is 24.6 Å². The lowest BCUT2D eigenvalue weighted by Gasteiger charge is -2.36. The molecule has 134 valence electrons. The molecule has 0 atom stereocenters. The van der Waals surface area contributed by atoms with Crippen LogP contribution in [0.2, 0.25) is 0 Å². The molecule has 1 aliphatic heterocycles. The van der Waals surface area contributed by atoms with Gasteiger partial charge in [0.2, 0.25) is 0 Å². The molecule has 2 aromatic rings. The number of aryl methyl sites for hydroxylation is 1. The van der Waals surface area contributed by atoms with Gasteiger partial charge in [0, 0.05) is 63.4 Å². The molecule has 1 N–H and O–H groups in total. The van der Waals surface area contributed by atoms with Gasteiger partial charge in [-0.2, -0.15) is 5.10 Å². The summed E-state index contributed by atoms with van der Waals surface area (Å²) in [6, 6.07) is 9.97. The first-order valence-electron chi connectivity index (χ1n) is 8.65. The molecule has 7 nitrogen and oxygen atoms in total. The summed E-state index contributed by atoms with van der Waals surface area (Å²) < 4.78 is 7.15. The largest absolute Gasteiger partial charge is 0.497 e. The van der Waals surface area contributed by atoms with E-state index < -0.39 is 0 Å². The lowest BCUT2D eigenvalue weighted by molar-refractivity contribution is 0.194. The van der Waals surface area contributed by atoms with Crippen LogP contribution in [0.25, 0.3) is 0 Å². The van der Waals surface area contributed by atoms with E-state index in [0.717, 1.165) is 50.6 Å². The first-order chi connectivity index (χ1) is 12.3. The fourth-order valence-electron chi connectivity index (χ4n) is 2.96. The number of anilines is 1. The highest BCUT2D eigenvalue weighted by atomic mass is 16.5. The molecule has 1 aliphatic rings. The number of hydrogen-bond donors (Lipinski definition) is 1. The molecule has 0 saturated carbocycles. The fourth-order valence-corrected chi connectivity index (χ4v) is 2.96. The number of hydrogen-bond acceptors (Lipinski definition) is 4. The third-order valence-electron chi connectivity index (χ3n) is 4.38. The number of ether oxygens (including phenoxy) is 1. The second-order valence-electron chi connectivity index (χ2n) is 6.03. The minimum absolute atomic E-state index is 0.0192. The SMILES string of the molecule is COc1cccc(N2CCN(C(=O)NCCCn3cccn3)CC2)c1. The van der Waals surface area contributed by atoms with E-state index in [4.69, 9.17) is 4.74 Å². The van der Waals surface area contributed by atoms with Gasteiger partial charge >= 0.3 is 6.03 Å². The lowest BCUT2D eigenvalue weighted by Crippen LogP contribution is -2.52. The number of carbonyl (C=O) groups is 1. The zero-order valence-corrected chi connectivity index (χ0v) is 14.6. The van der Waals surface area contributed by atoms with Gasteiger partial charge in [0.05, 0.1) is 7.11 Å². The third-order valence-corrected chi connectivity index (χ3v) is 4.38. The van der Waals surface area contributed by atoms with Crippen molar-refractivity contribution in [2.24, 2.45) is 0 Å². The van der Waals surface area contributed by atoms with Crippen LogP contribution < -0.4 is 15.0 Å². The summed E-state index contributed by atoms with van der Waals surface area (Å²) in [4.78, 5) is 16.4. The van der Waals surface area contributed by atoms with Crippen molar-refractivity contribution >= 4 is 11.7 Å². The summed E-state index contributed by atoms with van der Waals surface area (Å²) in [5.74, 6) is 0.856. The Morgan fingerprint density at radius 1 is 1.24 bits per heavy atom. The van der Waals surface area contributed by atoms with Crippen molar-refractivity contribution in [1.82, 2.24) is 20.0 Å². The number of urea groups is 1. The van der Waals surface area contributed by atoms with Crippen LogP contribution in [-0.4, -0.2) is 60.5 Å². The van der Waals surface area contributed by atoms with Crippen molar-refractivity contribution in [3.05, 3.63) is 42.7 Å². The van der Waals surface area contributed by atoms with Gasteiger partial charge in [0.15, 0.2) is 0 Å². The second kappa shape index (κ2) is 8.41. The summed E-state index contributed by atoms with van der Waals surface area (Å²) in [5, 5.41) is 7.15. The van der Waals surface area contributed by atoms with E-state index in [0.29, 0.717) is 6.54 Å². The molecule has 3 rings (SSSR count). The topological polar surface area (TPSA) is 62.6 Å². The van der Waals surface area contributed by atoms with Crippen molar-refractivity contribution in [3.63, 3.8) is 0 Å². The Kier molecular flexibility index (Phi) is 5.77. The molecule has 0 aliphatic carbocycles. The fraction of sp³-hybridized carbons (Fsp3) is 0.444. The van der Waals surface area contributed by atoms with E-state index in [1.807, 2.05) is 40.0 Å². The third kappa shape index (κ3) is 4.65. The van der Waals surface area contributed by atoms with Gasteiger partial charge in [-0.15, -0.1) is 0 Å². The number of aromatic nitrogens is 2. The van der Waals surface area contributed by atoms with Crippen LogP contribution in [0.15, 0.2) is 42.7 Å². The zero-order chi connectivity index (χ0) is 17.5. The Bertz CT molecular complexity index is 666. The molecule has 1 aromatic heterocycles. The van der Waals surface area contributed by atoms with Gasteiger partial charge in [0.25, 0.3) is 0 Å². The van der Waals surface area contributed by atoms with Crippen molar-refractivity contribution < 1.29 is 9.53 Å². The van der Waals surface area contributed by atoms with Crippen LogP contribution in [0.5, 0.6) is 5.75 Å². The Morgan fingerprint density at radius 2 is 2.08 bits per heavy atom. The van der Waals surface area contributed by atoms with Gasteiger partial charge < -0.3 is 19.9 Å². The van der Waals surface area contributed by atoms with E-state index in [1.54, 1.807) is 13.3 Å². The van der Waals surface area contributed by atoms with Gasteiger partial charge in [-0.3, -0.25) is 4.68 Å². The quantitative estimate of drug-likeness (QED) is 0.813. The molecule has 0 unspecified atom stereocenters.